The zero-order valence-electron chi connectivity index (χ0n) is 12.5. The van der Waals surface area contributed by atoms with Crippen molar-refractivity contribution in [3.05, 3.63) is 39.8 Å². The summed E-state index contributed by atoms with van der Waals surface area (Å²) in [4.78, 5) is 23.8. The maximum Gasteiger partial charge on any atom is 0.286 e. The Morgan fingerprint density at radius 2 is 1.86 bits per heavy atom. The lowest BCUT2D eigenvalue weighted by Gasteiger charge is -2.06. The predicted octanol–water partition coefficient (Wildman–Crippen LogP) is 2.63. The Morgan fingerprint density at radius 1 is 1.14 bits per heavy atom. The fraction of sp³-hybridized carbons (Fsp3) is 0.333. The van der Waals surface area contributed by atoms with E-state index in [1.807, 2.05) is 0 Å². The molecule has 0 saturated carbocycles. The van der Waals surface area contributed by atoms with Gasteiger partial charge in [-0.2, -0.15) is 0 Å². The summed E-state index contributed by atoms with van der Waals surface area (Å²) in [7, 11) is 0. The highest BCUT2D eigenvalue weighted by Gasteiger charge is 2.12. The third kappa shape index (κ3) is 4.36. The summed E-state index contributed by atoms with van der Waals surface area (Å²) in [5.74, 6) is -0.406. The molecular weight excluding hydrogens is 300 g/mol. The van der Waals surface area contributed by atoms with Crippen LogP contribution in [-0.4, -0.2) is 28.6 Å². The minimum Gasteiger partial charge on any atom is -0.352 e. The molecule has 0 atom stereocenters. The van der Waals surface area contributed by atoms with Crippen LogP contribution >= 0.6 is 11.3 Å². The van der Waals surface area contributed by atoms with E-state index < -0.39 is 0 Å². The van der Waals surface area contributed by atoms with Gasteiger partial charge in [0.25, 0.3) is 11.8 Å². The summed E-state index contributed by atoms with van der Waals surface area (Å²) in [5.41, 5.74) is 1.18. The summed E-state index contributed by atoms with van der Waals surface area (Å²) >= 11 is 1.24. The van der Waals surface area contributed by atoms with Crippen LogP contribution in [0.25, 0.3) is 0 Å². The lowest BCUT2D eigenvalue weighted by Crippen LogP contribution is -2.24. The third-order valence-electron chi connectivity index (χ3n) is 2.94. The average molecular weight is 318 g/mol. The topological polar surface area (TPSA) is 84.0 Å². The number of carbonyl (C=O) groups excluding carboxylic acids is 2. The molecule has 2 aromatic rings. The lowest BCUT2D eigenvalue weighted by molar-refractivity contribution is 0.0952. The van der Waals surface area contributed by atoms with Crippen LogP contribution < -0.4 is 10.6 Å². The summed E-state index contributed by atoms with van der Waals surface area (Å²) in [6.45, 7) is 4.54. The summed E-state index contributed by atoms with van der Waals surface area (Å²) < 4.78 is 0. The number of carbonyl (C=O) groups is 2. The molecule has 0 aliphatic rings. The normalized spacial score (nSPS) is 10.3. The molecule has 0 saturated heterocycles. The quantitative estimate of drug-likeness (QED) is 0.802. The Bertz CT molecular complexity index is 652. The molecular formula is C15H18N4O2S. The summed E-state index contributed by atoms with van der Waals surface area (Å²) in [5, 5.41) is 14.2. The second-order valence-corrected chi connectivity index (χ2v) is 5.95. The van der Waals surface area contributed by atoms with Crippen molar-refractivity contribution in [2.45, 2.75) is 26.7 Å². The molecule has 1 aromatic heterocycles. The highest BCUT2D eigenvalue weighted by atomic mass is 32.1. The van der Waals surface area contributed by atoms with Crippen molar-refractivity contribution in [1.82, 2.24) is 15.5 Å². The second-order valence-electron chi connectivity index (χ2n) is 4.77. The molecule has 116 valence electrons. The van der Waals surface area contributed by atoms with E-state index in [0.29, 0.717) is 22.8 Å². The number of nitrogens with one attached hydrogen (secondary N) is 2. The molecule has 7 heteroatoms. The average Bonchev–Trinajstić information content (AvgIpc) is 2.95. The van der Waals surface area contributed by atoms with Crippen LogP contribution in [0.2, 0.25) is 0 Å². The van der Waals surface area contributed by atoms with Gasteiger partial charge in [0.2, 0.25) is 5.01 Å². The van der Waals surface area contributed by atoms with Crippen molar-refractivity contribution in [3.8, 4) is 0 Å². The van der Waals surface area contributed by atoms with Crippen molar-refractivity contribution in [2.24, 2.45) is 0 Å². The van der Waals surface area contributed by atoms with E-state index in [4.69, 9.17) is 0 Å². The highest BCUT2D eigenvalue weighted by molar-refractivity contribution is 7.13. The Morgan fingerprint density at radius 3 is 2.45 bits per heavy atom. The van der Waals surface area contributed by atoms with E-state index in [1.54, 1.807) is 31.2 Å². The number of nitrogens with zero attached hydrogens (tertiary/aromatic N) is 2. The molecule has 0 bridgehead atoms. The van der Waals surface area contributed by atoms with Gasteiger partial charge in [0.1, 0.15) is 5.01 Å². The number of unbranched alkanes of at least 4 members (excludes halogenated alkanes) is 1. The van der Waals surface area contributed by atoms with Crippen LogP contribution in [0.4, 0.5) is 5.69 Å². The number of hydrogen-bond acceptors (Lipinski definition) is 5. The van der Waals surface area contributed by atoms with Crippen molar-refractivity contribution < 1.29 is 9.59 Å². The van der Waals surface area contributed by atoms with Crippen LogP contribution in [0.5, 0.6) is 0 Å². The highest BCUT2D eigenvalue weighted by Crippen LogP contribution is 2.13. The third-order valence-corrected chi connectivity index (χ3v) is 3.78. The minimum absolute atomic E-state index is 0.105. The molecule has 22 heavy (non-hydrogen) atoms. The Hall–Kier alpha value is -2.28. The largest absolute Gasteiger partial charge is 0.352 e. The summed E-state index contributed by atoms with van der Waals surface area (Å²) in [6.07, 6.45) is 2.00. The van der Waals surface area contributed by atoms with E-state index in [0.717, 1.165) is 17.8 Å². The van der Waals surface area contributed by atoms with Crippen LogP contribution in [0.3, 0.4) is 0 Å². The summed E-state index contributed by atoms with van der Waals surface area (Å²) in [6, 6.07) is 6.76. The van der Waals surface area contributed by atoms with Crippen LogP contribution in [0.15, 0.2) is 24.3 Å². The van der Waals surface area contributed by atoms with Gasteiger partial charge in [-0.3, -0.25) is 9.59 Å². The number of aromatic nitrogens is 2. The number of anilines is 1. The Balaban J connectivity index is 1.94. The van der Waals surface area contributed by atoms with Gasteiger partial charge < -0.3 is 10.6 Å². The first-order valence-corrected chi connectivity index (χ1v) is 7.91. The van der Waals surface area contributed by atoms with Gasteiger partial charge in [-0.1, -0.05) is 24.7 Å². The number of benzene rings is 1. The van der Waals surface area contributed by atoms with Gasteiger partial charge >= 0.3 is 0 Å². The van der Waals surface area contributed by atoms with Gasteiger partial charge in [-0.15, -0.1) is 10.2 Å². The van der Waals surface area contributed by atoms with Gasteiger partial charge in [0.15, 0.2) is 0 Å². The smallest absolute Gasteiger partial charge is 0.286 e. The van der Waals surface area contributed by atoms with Crippen molar-refractivity contribution in [2.75, 3.05) is 11.9 Å². The molecule has 2 N–H and O–H groups in total. The molecule has 1 heterocycles. The van der Waals surface area contributed by atoms with Crippen LogP contribution in [0.1, 0.15) is 44.9 Å². The van der Waals surface area contributed by atoms with Crippen molar-refractivity contribution in [1.29, 1.82) is 0 Å². The molecule has 0 unspecified atom stereocenters. The van der Waals surface area contributed by atoms with Crippen molar-refractivity contribution in [3.63, 3.8) is 0 Å². The fourth-order valence-electron chi connectivity index (χ4n) is 1.76. The monoisotopic (exact) mass is 318 g/mol. The van der Waals surface area contributed by atoms with E-state index >= 15 is 0 Å². The molecule has 0 aliphatic heterocycles. The first kappa shape index (κ1) is 16.1. The first-order valence-electron chi connectivity index (χ1n) is 7.10. The van der Waals surface area contributed by atoms with E-state index in [-0.39, 0.29) is 11.8 Å². The van der Waals surface area contributed by atoms with Crippen molar-refractivity contribution >= 4 is 28.8 Å². The van der Waals surface area contributed by atoms with Gasteiger partial charge in [0, 0.05) is 17.8 Å². The van der Waals surface area contributed by atoms with Gasteiger partial charge in [0.05, 0.1) is 0 Å². The van der Waals surface area contributed by atoms with E-state index in [2.05, 4.69) is 27.8 Å². The van der Waals surface area contributed by atoms with Gasteiger partial charge in [-0.25, -0.2) is 0 Å². The number of hydrogen-bond donors (Lipinski definition) is 2. The van der Waals surface area contributed by atoms with Crippen LogP contribution in [-0.2, 0) is 0 Å². The molecule has 1 aromatic carbocycles. The Kier molecular flexibility index (Phi) is 5.60. The SMILES string of the molecule is CCCCNC(=O)c1ccc(NC(=O)c2nnc(C)s2)cc1. The maximum atomic E-state index is 11.9. The fourth-order valence-corrected chi connectivity index (χ4v) is 2.35. The lowest BCUT2D eigenvalue weighted by atomic mass is 10.2. The second kappa shape index (κ2) is 7.65. The maximum absolute atomic E-state index is 11.9. The van der Waals surface area contributed by atoms with Gasteiger partial charge in [-0.05, 0) is 37.6 Å². The zero-order chi connectivity index (χ0) is 15.9. The zero-order valence-corrected chi connectivity index (χ0v) is 13.4. The van der Waals surface area contributed by atoms with Crippen LogP contribution in [0, 0.1) is 6.92 Å². The standard InChI is InChI=1S/C15H18N4O2S/c1-3-4-9-16-13(20)11-5-7-12(8-6-11)17-14(21)15-19-18-10(2)22-15/h5-8H,3-4,9H2,1-2H3,(H,16,20)(H,17,21). The van der Waals surface area contributed by atoms with E-state index in [9.17, 15) is 9.59 Å². The number of amides is 2. The molecule has 2 amide bonds. The van der Waals surface area contributed by atoms with E-state index in [1.165, 1.54) is 11.3 Å². The number of rotatable bonds is 6. The molecule has 2 rings (SSSR count). The Labute approximate surface area is 133 Å². The molecule has 0 radical (unpaired) electrons. The molecule has 0 aliphatic carbocycles. The minimum atomic E-state index is -0.300. The molecule has 0 fully saturated rings. The number of aryl methyl sites for hydroxylation is 1. The molecule has 6 nitrogen and oxygen atoms in total. The predicted molar refractivity (Wildman–Crippen MR) is 86.3 cm³/mol. The molecule has 0 spiro atoms. The first-order chi connectivity index (χ1) is 10.6.